The van der Waals surface area contributed by atoms with Crippen molar-refractivity contribution in [1.82, 2.24) is 25.1 Å². The minimum absolute atomic E-state index is 0.0376. The monoisotopic (exact) mass is 357 g/mol. The molecule has 1 saturated heterocycles. The number of likely N-dealkylation sites (tertiary alicyclic amines) is 1. The van der Waals surface area contributed by atoms with E-state index >= 15 is 0 Å². The average Bonchev–Trinajstić information content (AvgIpc) is 3.21. The minimum Gasteiger partial charge on any atom is -0.308 e. The molecule has 0 saturated carbocycles. The highest BCUT2D eigenvalue weighted by Gasteiger charge is 2.28. The van der Waals surface area contributed by atoms with Crippen molar-refractivity contribution in [2.75, 3.05) is 13.6 Å². The van der Waals surface area contributed by atoms with Crippen molar-refractivity contribution in [2.24, 2.45) is 5.92 Å². The molecule has 0 aliphatic carbocycles. The summed E-state index contributed by atoms with van der Waals surface area (Å²) in [6, 6.07) is 2.20. The predicted octanol–water partition coefficient (Wildman–Crippen LogP) is 3.48. The molecule has 1 aliphatic heterocycles. The molecular weight excluding hydrogens is 334 g/mol. The van der Waals surface area contributed by atoms with Crippen LogP contribution in [0.25, 0.3) is 20.7 Å². The van der Waals surface area contributed by atoms with Gasteiger partial charge in [0.15, 0.2) is 0 Å². The summed E-state index contributed by atoms with van der Waals surface area (Å²) in [6.45, 7) is 5.27. The van der Waals surface area contributed by atoms with Crippen LogP contribution in [0.5, 0.6) is 0 Å². The molecule has 2 atom stereocenters. The van der Waals surface area contributed by atoms with Gasteiger partial charge in [0.05, 0.1) is 17.8 Å². The van der Waals surface area contributed by atoms with Gasteiger partial charge < -0.3 is 4.98 Å². The van der Waals surface area contributed by atoms with Gasteiger partial charge in [-0.15, -0.1) is 11.3 Å². The van der Waals surface area contributed by atoms with Crippen molar-refractivity contribution in [3.8, 4) is 10.4 Å². The number of aryl methyl sites for hydroxylation is 1. The molecule has 1 aliphatic rings. The van der Waals surface area contributed by atoms with Gasteiger partial charge in [0.1, 0.15) is 10.5 Å². The van der Waals surface area contributed by atoms with Crippen LogP contribution in [0.1, 0.15) is 43.7 Å². The van der Waals surface area contributed by atoms with Gasteiger partial charge in [-0.2, -0.15) is 5.10 Å². The Labute approximate surface area is 150 Å². The zero-order chi connectivity index (χ0) is 17.6. The number of fused-ring (bicyclic) bond motifs is 1. The summed E-state index contributed by atoms with van der Waals surface area (Å²) in [4.78, 5) is 23.8. The van der Waals surface area contributed by atoms with E-state index in [9.17, 15) is 4.79 Å². The van der Waals surface area contributed by atoms with E-state index in [1.807, 2.05) is 13.0 Å². The van der Waals surface area contributed by atoms with Gasteiger partial charge in [0.25, 0.3) is 5.56 Å². The van der Waals surface area contributed by atoms with Crippen LogP contribution in [-0.4, -0.2) is 38.7 Å². The molecule has 0 aromatic carbocycles. The molecule has 3 aromatic rings. The molecule has 2 N–H and O–H groups in total. The SMILES string of the molecule is CCC1CCN(C)C(c2nc3cc(-c4cn[nH]c4C)sc3c(=O)[nH]2)C1. The fraction of sp³-hybridized carbons (Fsp3) is 0.500. The van der Waals surface area contributed by atoms with E-state index in [-0.39, 0.29) is 11.6 Å². The van der Waals surface area contributed by atoms with Crippen LogP contribution in [0.4, 0.5) is 0 Å². The van der Waals surface area contributed by atoms with E-state index in [2.05, 4.69) is 34.1 Å². The Hall–Kier alpha value is -1.99. The highest BCUT2D eigenvalue weighted by molar-refractivity contribution is 7.22. The van der Waals surface area contributed by atoms with Crippen molar-refractivity contribution in [3.63, 3.8) is 0 Å². The largest absolute Gasteiger partial charge is 0.308 e. The third kappa shape index (κ3) is 2.91. The Morgan fingerprint density at radius 1 is 1.44 bits per heavy atom. The molecule has 0 amide bonds. The van der Waals surface area contributed by atoms with Gasteiger partial charge in [0, 0.05) is 16.1 Å². The van der Waals surface area contributed by atoms with Crippen molar-refractivity contribution < 1.29 is 0 Å². The second kappa shape index (κ2) is 6.38. The van der Waals surface area contributed by atoms with E-state index in [0.29, 0.717) is 10.6 Å². The number of nitrogens with zero attached hydrogens (tertiary/aromatic N) is 3. The number of hydrogen-bond acceptors (Lipinski definition) is 5. The van der Waals surface area contributed by atoms with E-state index < -0.39 is 0 Å². The molecule has 7 heteroatoms. The van der Waals surface area contributed by atoms with Crippen LogP contribution in [0, 0.1) is 12.8 Å². The molecule has 4 heterocycles. The third-order valence-corrected chi connectivity index (χ3v) is 6.52. The van der Waals surface area contributed by atoms with E-state index in [0.717, 1.165) is 40.4 Å². The maximum absolute atomic E-state index is 12.6. The van der Waals surface area contributed by atoms with E-state index in [1.54, 1.807) is 6.20 Å². The molecule has 0 radical (unpaired) electrons. The smallest absolute Gasteiger partial charge is 0.268 e. The lowest BCUT2D eigenvalue weighted by molar-refractivity contribution is 0.133. The van der Waals surface area contributed by atoms with Crippen molar-refractivity contribution in [3.05, 3.63) is 34.1 Å². The molecule has 1 fully saturated rings. The zero-order valence-electron chi connectivity index (χ0n) is 14.8. The van der Waals surface area contributed by atoms with Gasteiger partial charge in [-0.05, 0) is 45.3 Å². The Morgan fingerprint density at radius 3 is 3.00 bits per heavy atom. The highest BCUT2D eigenvalue weighted by atomic mass is 32.1. The molecule has 0 spiro atoms. The first kappa shape index (κ1) is 16.5. The summed E-state index contributed by atoms with van der Waals surface area (Å²) < 4.78 is 0.685. The number of hydrogen-bond donors (Lipinski definition) is 2. The predicted molar refractivity (Wildman–Crippen MR) is 101 cm³/mol. The quantitative estimate of drug-likeness (QED) is 0.752. The first-order valence-corrected chi connectivity index (χ1v) is 9.62. The number of piperidine rings is 1. The first-order chi connectivity index (χ1) is 12.1. The van der Waals surface area contributed by atoms with Crippen LogP contribution < -0.4 is 5.56 Å². The first-order valence-electron chi connectivity index (χ1n) is 8.81. The molecule has 25 heavy (non-hydrogen) atoms. The number of aromatic nitrogens is 4. The van der Waals surface area contributed by atoms with Crippen molar-refractivity contribution >= 4 is 21.6 Å². The summed E-state index contributed by atoms with van der Waals surface area (Å²) in [7, 11) is 2.12. The molecular formula is C18H23N5OS. The summed E-state index contributed by atoms with van der Waals surface area (Å²) in [5, 5.41) is 7.03. The third-order valence-electron chi connectivity index (χ3n) is 5.37. The van der Waals surface area contributed by atoms with Gasteiger partial charge in [0.2, 0.25) is 0 Å². The van der Waals surface area contributed by atoms with Crippen LogP contribution in [0.15, 0.2) is 17.1 Å². The standard InChI is InChI=1S/C18H23N5OS/c1-4-11-5-6-23(3)14(7-11)17-20-13-8-15(12-9-19-22-10(12)2)25-16(13)18(24)21-17/h8-9,11,14H,4-7H2,1-3H3,(H,19,22)(H,20,21,24). The zero-order valence-corrected chi connectivity index (χ0v) is 15.6. The van der Waals surface area contributed by atoms with Crippen molar-refractivity contribution in [2.45, 2.75) is 39.2 Å². The Morgan fingerprint density at radius 2 is 2.28 bits per heavy atom. The lowest BCUT2D eigenvalue weighted by atomic mass is 9.89. The molecule has 3 aromatic heterocycles. The van der Waals surface area contributed by atoms with E-state index in [4.69, 9.17) is 4.98 Å². The van der Waals surface area contributed by atoms with Crippen LogP contribution in [0.2, 0.25) is 0 Å². The Bertz CT molecular complexity index is 956. The number of rotatable bonds is 3. The molecule has 2 unspecified atom stereocenters. The lowest BCUT2D eigenvalue weighted by Gasteiger charge is -2.36. The number of H-pyrrole nitrogens is 2. The summed E-state index contributed by atoms with van der Waals surface area (Å²) in [5.41, 5.74) is 2.78. The van der Waals surface area contributed by atoms with Gasteiger partial charge >= 0.3 is 0 Å². The molecule has 0 bridgehead atoms. The number of thiophene rings is 1. The fourth-order valence-corrected chi connectivity index (χ4v) is 4.75. The summed E-state index contributed by atoms with van der Waals surface area (Å²) >= 11 is 1.48. The average molecular weight is 357 g/mol. The minimum atomic E-state index is -0.0376. The topological polar surface area (TPSA) is 77.7 Å². The molecule has 6 nitrogen and oxygen atoms in total. The lowest BCUT2D eigenvalue weighted by Crippen LogP contribution is -2.35. The van der Waals surface area contributed by atoms with Crippen LogP contribution in [-0.2, 0) is 0 Å². The van der Waals surface area contributed by atoms with Gasteiger partial charge in [-0.3, -0.25) is 14.8 Å². The number of nitrogens with one attached hydrogen (secondary N) is 2. The van der Waals surface area contributed by atoms with Crippen LogP contribution >= 0.6 is 11.3 Å². The summed E-state index contributed by atoms with van der Waals surface area (Å²) in [6.07, 6.45) is 5.26. The van der Waals surface area contributed by atoms with Gasteiger partial charge in [-0.25, -0.2) is 4.98 Å². The fourth-order valence-electron chi connectivity index (χ4n) is 3.69. The Balaban J connectivity index is 1.77. The molecule has 132 valence electrons. The number of aromatic amines is 2. The molecule has 4 rings (SSSR count). The Kier molecular flexibility index (Phi) is 4.21. The second-order valence-electron chi connectivity index (χ2n) is 6.98. The van der Waals surface area contributed by atoms with Crippen LogP contribution in [0.3, 0.4) is 0 Å². The summed E-state index contributed by atoms with van der Waals surface area (Å²) in [5.74, 6) is 1.50. The maximum atomic E-state index is 12.6. The van der Waals surface area contributed by atoms with E-state index in [1.165, 1.54) is 24.2 Å². The second-order valence-corrected chi connectivity index (χ2v) is 8.03. The normalized spacial score (nSPS) is 21.9. The van der Waals surface area contributed by atoms with Gasteiger partial charge in [-0.1, -0.05) is 13.3 Å². The van der Waals surface area contributed by atoms with Crippen molar-refractivity contribution in [1.29, 1.82) is 0 Å². The maximum Gasteiger partial charge on any atom is 0.268 e. The highest BCUT2D eigenvalue weighted by Crippen LogP contribution is 2.35.